The summed E-state index contributed by atoms with van der Waals surface area (Å²) in [6, 6.07) is 18.0. The molecule has 0 saturated carbocycles. The minimum absolute atomic E-state index is 0.218. The van der Waals surface area contributed by atoms with Crippen LogP contribution in [0.5, 0.6) is 0 Å². The van der Waals surface area contributed by atoms with E-state index in [1.165, 1.54) is 95.0 Å². The topological polar surface area (TPSA) is 120 Å². The normalized spacial score (nSPS) is 18.8. The van der Waals surface area contributed by atoms with Gasteiger partial charge in [-0.1, -0.05) is 155 Å². The van der Waals surface area contributed by atoms with E-state index in [2.05, 4.69) is 258 Å². The van der Waals surface area contributed by atoms with E-state index in [0.29, 0.717) is 33.8 Å². The van der Waals surface area contributed by atoms with E-state index < -0.39 is 20.3 Å². The van der Waals surface area contributed by atoms with E-state index in [4.69, 9.17) is 27.8 Å². The molecule has 0 atom stereocenters. The minimum atomic E-state index is -1.72. The van der Waals surface area contributed by atoms with Crippen molar-refractivity contribution in [3.8, 4) is 0 Å². The quantitative estimate of drug-likeness (QED) is 0.134. The van der Waals surface area contributed by atoms with Gasteiger partial charge in [0.2, 0.25) is 0 Å². The molecule has 622 valence electrons. The van der Waals surface area contributed by atoms with Gasteiger partial charge in [0.1, 0.15) is 18.1 Å². The molecule has 1 aromatic carbocycles. The van der Waals surface area contributed by atoms with Crippen LogP contribution in [0.15, 0.2) is 76.0 Å². The summed E-state index contributed by atoms with van der Waals surface area (Å²) in [5.41, 5.74) is 4.40. The molecule has 15 nitrogen and oxygen atoms in total. The molecule has 6 aliphatic heterocycles. The summed E-state index contributed by atoms with van der Waals surface area (Å²) in [5.74, 6) is 11.6. The van der Waals surface area contributed by atoms with Crippen LogP contribution in [-0.4, -0.2) is 251 Å². The van der Waals surface area contributed by atoms with Crippen molar-refractivity contribution >= 4 is 38.0 Å². The molecule has 9 rings (SSSR count). The number of rotatable bonds is 15. The first-order chi connectivity index (χ1) is 48.8. The standard InChI is InChI=1S/C12H18O.C11H19NO.2C10H21NO.C10H21N.C10H16O2.C9H19NOS.C8H17NOS.C8H17NS/c1-12(2,3)10-13-9-11-7-5-4-6-8-11;1-11(2,3)9-12(4)8-10-6-5-7-13-10;2*1-10(2,3)4-5-11-6-8-12-9-7-11;1-10(2,3)6-9-11-7-4-5-8-11;1-10(2,3)8-11-7-9-5-4-6-12-9;1-9(2,3)10-5-7-12(4,11)8-6-10;1-8(2,3)9-4-6-11(10)7-5-9;1-8(2,3)9-4-6-10-7-5-9/h4-8H,9-10H2,1-3H3;5-7H,8-9H2,1-4H3;2*4-9H2,1-3H3;4-9H2,1-3H3;4-6H,7-8H2,1-3H3;4-8H2,1-3H3;4-7H2,1-3H3;4-7H2,1-3H3. The third-order valence-corrected chi connectivity index (χ3v) is 22.3. The van der Waals surface area contributed by atoms with E-state index in [-0.39, 0.29) is 21.9 Å². The Morgan fingerprint density at radius 1 is 0.453 bits per heavy atom. The molecule has 0 bridgehead atoms. The van der Waals surface area contributed by atoms with Gasteiger partial charge in [0.15, 0.2) is 0 Å². The highest BCUT2D eigenvalue weighted by Crippen LogP contribution is 2.25. The molecule has 0 radical (unpaired) electrons. The van der Waals surface area contributed by atoms with E-state index in [9.17, 15) is 8.42 Å². The van der Waals surface area contributed by atoms with Gasteiger partial charge in [-0.05, 0) is 212 Å². The van der Waals surface area contributed by atoms with Gasteiger partial charge in [0.25, 0.3) is 0 Å². The Morgan fingerprint density at radius 2 is 0.821 bits per heavy atom. The Hall–Kier alpha value is -2.14. The molecule has 106 heavy (non-hydrogen) atoms. The molecule has 6 fully saturated rings. The molecule has 6 aliphatic rings. The number of ether oxygens (including phenoxy) is 4. The average Bonchev–Trinajstić information content (AvgIpc) is 1.49. The predicted molar refractivity (Wildman–Crippen MR) is 464 cm³/mol. The van der Waals surface area contributed by atoms with E-state index in [1.54, 1.807) is 12.5 Å². The zero-order valence-corrected chi connectivity index (χ0v) is 76.6. The van der Waals surface area contributed by atoms with Crippen LogP contribution >= 0.6 is 11.8 Å². The first kappa shape index (κ1) is 102. The largest absolute Gasteiger partial charge is 0.468 e. The zero-order valence-electron chi connectivity index (χ0n) is 74.1. The number of morpholine rings is 2. The first-order valence-corrected chi connectivity index (χ1v) is 45.2. The fourth-order valence-corrected chi connectivity index (χ4v) is 14.8. The van der Waals surface area contributed by atoms with Crippen LogP contribution < -0.4 is 0 Å². The van der Waals surface area contributed by atoms with Crippen LogP contribution in [0.4, 0.5) is 0 Å². The van der Waals surface area contributed by atoms with Gasteiger partial charge >= 0.3 is 0 Å². The molecular weight excluding hydrogens is 1380 g/mol. The highest BCUT2D eigenvalue weighted by molar-refractivity contribution is 8.00. The SMILES string of the molecule is C=S1(=O)CCN(C(C)(C)C)CC1.CC(C)(C)CCN1CCCC1.CC(C)(C)CCN1CCOCC1.CC(C)(C)CCN1CCOCC1.CC(C)(C)COCc1ccccc1.CC(C)(C)COCc1ccco1.CC(C)(C)N1CCS(=O)CC1.CC(C)(C)N1CCSCC1.CN(Cc1ccco1)CC(C)(C)C. The lowest BCUT2D eigenvalue weighted by molar-refractivity contribution is 0.0333. The number of hydrogen-bond acceptors (Lipinski definition) is 16. The van der Waals surface area contributed by atoms with Crippen LogP contribution in [0.25, 0.3) is 0 Å². The third-order valence-electron chi connectivity index (χ3n) is 18.2. The fraction of sp³-hybridized carbons (Fsp3) is 0.830. The average molecular weight is 1550 g/mol. The minimum Gasteiger partial charge on any atom is -0.468 e. The second-order valence-corrected chi connectivity index (χ2v) is 45.9. The maximum absolute atomic E-state index is 11.5. The van der Waals surface area contributed by atoms with Crippen molar-refractivity contribution in [1.29, 1.82) is 0 Å². The molecule has 8 heterocycles. The number of thioether (sulfide) groups is 1. The van der Waals surface area contributed by atoms with Crippen molar-refractivity contribution in [2.45, 2.75) is 255 Å². The van der Waals surface area contributed by atoms with Gasteiger partial charge in [0, 0.05) is 134 Å². The highest BCUT2D eigenvalue weighted by atomic mass is 32.2. The molecular formula is C88H169N7O8S3. The zero-order chi connectivity index (χ0) is 80.5. The predicted octanol–water partition coefficient (Wildman–Crippen LogP) is 18.4. The van der Waals surface area contributed by atoms with Crippen molar-refractivity contribution in [3.63, 3.8) is 0 Å². The maximum atomic E-state index is 11.5. The van der Waals surface area contributed by atoms with Gasteiger partial charge in [-0.3, -0.25) is 37.8 Å². The Morgan fingerprint density at radius 3 is 1.17 bits per heavy atom. The number of benzene rings is 1. The summed E-state index contributed by atoms with van der Waals surface area (Å²) >= 11 is 2.07. The van der Waals surface area contributed by atoms with Crippen LogP contribution in [-0.2, 0) is 59.0 Å². The molecule has 0 amide bonds. The van der Waals surface area contributed by atoms with Crippen LogP contribution in [0, 0.1) is 32.5 Å². The second-order valence-electron chi connectivity index (χ2n) is 40.2. The van der Waals surface area contributed by atoms with Crippen LogP contribution in [0.2, 0.25) is 0 Å². The number of furan rings is 2. The van der Waals surface area contributed by atoms with Gasteiger partial charge in [-0.15, -0.1) is 0 Å². The first-order valence-electron chi connectivity index (χ1n) is 40.5. The van der Waals surface area contributed by atoms with Gasteiger partial charge in [-0.25, -0.2) is 0 Å². The third kappa shape index (κ3) is 59.6. The van der Waals surface area contributed by atoms with Crippen LogP contribution in [0.1, 0.15) is 236 Å². The summed E-state index contributed by atoms with van der Waals surface area (Å²) in [6.45, 7) is 86.4. The highest BCUT2D eigenvalue weighted by Gasteiger charge is 2.28. The molecule has 3 aromatic rings. The molecule has 2 aromatic heterocycles. The fourth-order valence-electron chi connectivity index (χ4n) is 11.6. The Balaban J connectivity index is 0.000000597. The maximum Gasteiger partial charge on any atom is 0.129 e. The van der Waals surface area contributed by atoms with Crippen molar-refractivity contribution in [3.05, 3.63) is 84.2 Å². The molecule has 6 saturated heterocycles. The van der Waals surface area contributed by atoms with Crippen LogP contribution in [0.3, 0.4) is 0 Å². The molecule has 0 N–H and O–H groups in total. The summed E-state index contributed by atoms with van der Waals surface area (Å²) in [7, 11) is -0.136. The number of nitrogens with zero attached hydrogens (tertiary/aromatic N) is 7. The van der Waals surface area contributed by atoms with Crippen molar-refractivity contribution in [2.24, 2.45) is 32.5 Å². The summed E-state index contributed by atoms with van der Waals surface area (Å²) in [5, 5.41) is 0. The monoisotopic (exact) mass is 1550 g/mol. The summed E-state index contributed by atoms with van der Waals surface area (Å²) in [4.78, 5) is 17.2. The van der Waals surface area contributed by atoms with E-state index in [1.807, 2.05) is 42.5 Å². The Bertz CT molecular complexity index is 2660. The lowest BCUT2D eigenvalue weighted by Gasteiger charge is -2.39. The number of hydrogen-bond donors (Lipinski definition) is 0. The van der Waals surface area contributed by atoms with E-state index >= 15 is 0 Å². The summed E-state index contributed by atoms with van der Waals surface area (Å²) in [6.07, 6.45) is 10.1. The molecule has 0 unspecified atom stereocenters. The Kier molecular flexibility index (Phi) is 48.9. The second kappa shape index (κ2) is 50.9. The lowest BCUT2D eigenvalue weighted by atomic mass is 9.92. The summed E-state index contributed by atoms with van der Waals surface area (Å²) < 4.78 is 54.6. The van der Waals surface area contributed by atoms with Crippen molar-refractivity contribution in [2.75, 3.05) is 186 Å². The van der Waals surface area contributed by atoms with E-state index in [0.717, 1.165) is 146 Å². The van der Waals surface area contributed by atoms with Gasteiger partial charge < -0.3 is 32.7 Å². The lowest BCUT2D eigenvalue weighted by Crippen LogP contribution is -2.49. The van der Waals surface area contributed by atoms with Gasteiger partial charge in [0.05, 0.1) is 65.3 Å². The molecule has 0 spiro atoms. The van der Waals surface area contributed by atoms with Gasteiger partial charge in [-0.2, -0.15) is 11.8 Å². The van der Waals surface area contributed by atoms with Crippen molar-refractivity contribution < 1.29 is 36.2 Å². The smallest absolute Gasteiger partial charge is 0.129 e. The van der Waals surface area contributed by atoms with Crippen molar-refractivity contribution in [1.82, 2.24) is 34.3 Å². The number of likely N-dealkylation sites (tertiary alicyclic amines) is 1. The molecule has 18 heteroatoms. The molecule has 0 aliphatic carbocycles. The Labute approximate surface area is 662 Å².